The first-order chi connectivity index (χ1) is 11.3. The first-order valence-electron chi connectivity index (χ1n) is 8.80. The van der Waals surface area contributed by atoms with Crippen molar-refractivity contribution in [1.82, 2.24) is 9.80 Å². The summed E-state index contributed by atoms with van der Waals surface area (Å²) >= 11 is 0. The van der Waals surface area contributed by atoms with Gasteiger partial charge >= 0.3 is 0 Å². The molecule has 0 aliphatic carbocycles. The standard InChI is InChI=1S/C18H28N2O2S/c21-23(18-7-2-1-3-8-18)15-12-20-9-5-4-6-17(20)16-19-10-13-22-14-11-19/h1-3,7-8,17H,4-6,9-16H2. The highest BCUT2D eigenvalue weighted by Gasteiger charge is 2.25. The van der Waals surface area contributed by atoms with Crippen LogP contribution in [-0.2, 0) is 15.5 Å². The van der Waals surface area contributed by atoms with E-state index in [1.807, 2.05) is 30.3 Å². The Kier molecular flexibility index (Phi) is 6.63. The molecular weight excluding hydrogens is 308 g/mol. The molecule has 5 heteroatoms. The van der Waals surface area contributed by atoms with E-state index in [-0.39, 0.29) is 0 Å². The third-order valence-corrected chi connectivity index (χ3v) is 6.24. The van der Waals surface area contributed by atoms with Crippen LogP contribution >= 0.6 is 0 Å². The molecular formula is C18H28N2O2S. The topological polar surface area (TPSA) is 32.8 Å². The summed E-state index contributed by atoms with van der Waals surface area (Å²) in [5.41, 5.74) is 0. The third-order valence-electron chi connectivity index (χ3n) is 4.89. The van der Waals surface area contributed by atoms with Crippen LogP contribution in [-0.4, -0.2) is 71.7 Å². The fraction of sp³-hybridized carbons (Fsp3) is 0.667. The van der Waals surface area contributed by atoms with Crippen LogP contribution in [0, 0.1) is 0 Å². The van der Waals surface area contributed by atoms with Gasteiger partial charge in [-0.3, -0.25) is 14.0 Å². The minimum Gasteiger partial charge on any atom is -0.379 e. The second-order valence-corrected chi connectivity index (χ2v) is 8.03. The Bertz CT molecular complexity index is 491. The fourth-order valence-corrected chi connectivity index (χ4v) is 4.63. The lowest BCUT2D eigenvalue weighted by Gasteiger charge is -2.39. The molecule has 2 aliphatic rings. The van der Waals surface area contributed by atoms with Gasteiger partial charge in [-0.05, 0) is 31.5 Å². The predicted molar refractivity (Wildman–Crippen MR) is 94.2 cm³/mol. The smallest absolute Gasteiger partial charge is 0.0594 e. The second-order valence-electron chi connectivity index (χ2n) is 6.46. The molecule has 4 nitrogen and oxygen atoms in total. The van der Waals surface area contributed by atoms with Crippen molar-refractivity contribution in [2.45, 2.75) is 30.2 Å². The Morgan fingerprint density at radius 1 is 1.09 bits per heavy atom. The van der Waals surface area contributed by atoms with Crippen molar-refractivity contribution in [2.24, 2.45) is 0 Å². The van der Waals surface area contributed by atoms with Gasteiger partial charge in [-0.25, -0.2) is 0 Å². The van der Waals surface area contributed by atoms with Gasteiger partial charge in [-0.15, -0.1) is 0 Å². The molecule has 3 rings (SSSR count). The van der Waals surface area contributed by atoms with Crippen molar-refractivity contribution in [2.75, 3.05) is 51.7 Å². The maximum Gasteiger partial charge on any atom is 0.0594 e. The van der Waals surface area contributed by atoms with Crippen molar-refractivity contribution >= 4 is 10.8 Å². The molecule has 0 amide bonds. The Labute approximate surface area is 142 Å². The van der Waals surface area contributed by atoms with Crippen molar-refractivity contribution in [1.29, 1.82) is 0 Å². The van der Waals surface area contributed by atoms with Gasteiger partial charge < -0.3 is 4.74 Å². The quantitative estimate of drug-likeness (QED) is 0.795. The van der Waals surface area contributed by atoms with Gasteiger partial charge in [0, 0.05) is 42.9 Å². The van der Waals surface area contributed by atoms with Crippen LogP contribution in [0.4, 0.5) is 0 Å². The lowest BCUT2D eigenvalue weighted by molar-refractivity contribution is 0.0177. The molecule has 23 heavy (non-hydrogen) atoms. The van der Waals surface area contributed by atoms with Crippen LogP contribution in [0.15, 0.2) is 35.2 Å². The van der Waals surface area contributed by atoms with E-state index in [4.69, 9.17) is 4.74 Å². The van der Waals surface area contributed by atoms with Gasteiger partial charge in [0.2, 0.25) is 0 Å². The molecule has 2 fully saturated rings. The number of hydrogen-bond donors (Lipinski definition) is 0. The van der Waals surface area contributed by atoms with Crippen LogP contribution < -0.4 is 0 Å². The van der Waals surface area contributed by atoms with Gasteiger partial charge in [-0.2, -0.15) is 0 Å². The number of hydrogen-bond acceptors (Lipinski definition) is 4. The molecule has 2 atom stereocenters. The molecule has 1 aromatic carbocycles. The molecule has 0 bridgehead atoms. The lowest BCUT2D eigenvalue weighted by atomic mass is 10.0. The van der Waals surface area contributed by atoms with E-state index in [2.05, 4.69) is 9.80 Å². The summed E-state index contributed by atoms with van der Waals surface area (Å²) in [7, 11) is -0.882. The minimum atomic E-state index is -0.882. The Morgan fingerprint density at radius 2 is 1.87 bits per heavy atom. The summed E-state index contributed by atoms with van der Waals surface area (Å²) in [6.07, 6.45) is 3.88. The highest BCUT2D eigenvalue weighted by Crippen LogP contribution is 2.19. The van der Waals surface area contributed by atoms with Crippen molar-refractivity contribution in [3.8, 4) is 0 Å². The number of nitrogens with zero attached hydrogens (tertiary/aromatic N) is 2. The van der Waals surface area contributed by atoms with E-state index in [0.29, 0.717) is 6.04 Å². The molecule has 0 N–H and O–H groups in total. The van der Waals surface area contributed by atoms with E-state index in [9.17, 15) is 4.21 Å². The predicted octanol–water partition coefficient (Wildman–Crippen LogP) is 1.98. The van der Waals surface area contributed by atoms with Gasteiger partial charge in [0.15, 0.2) is 0 Å². The maximum absolute atomic E-state index is 12.4. The second kappa shape index (κ2) is 8.92. The SMILES string of the molecule is O=S(CCN1CCCCC1CN1CCOCC1)c1ccccc1. The molecule has 2 aliphatic heterocycles. The van der Waals surface area contributed by atoms with Crippen molar-refractivity contribution < 1.29 is 8.95 Å². The summed E-state index contributed by atoms with van der Waals surface area (Å²) < 4.78 is 17.9. The number of ether oxygens (including phenoxy) is 1. The van der Waals surface area contributed by atoms with E-state index in [1.54, 1.807) is 0 Å². The Morgan fingerprint density at radius 3 is 2.65 bits per heavy atom. The number of piperidine rings is 1. The fourth-order valence-electron chi connectivity index (χ4n) is 3.53. The summed E-state index contributed by atoms with van der Waals surface area (Å²) in [4.78, 5) is 6.05. The molecule has 128 valence electrons. The molecule has 2 saturated heterocycles. The zero-order chi connectivity index (χ0) is 15.9. The zero-order valence-electron chi connectivity index (χ0n) is 13.9. The van der Waals surface area contributed by atoms with Crippen LogP contribution in [0.5, 0.6) is 0 Å². The van der Waals surface area contributed by atoms with Crippen molar-refractivity contribution in [3.05, 3.63) is 30.3 Å². The Balaban J connectivity index is 1.51. The monoisotopic (exact) mass is 336 g/mol. The molecule has 0 aromatic heterocycles. The molecule has 0 spiro atoms. The molecule has 0 saturated carbocycles. The minimum absolute atomic E-state index is 0.620. The highest BCUT2D eigenvalue weighted by atomic mass is 32.2. The first-order valence-corrected chi connectivity index (χ1v) is 10.1. The average Bonchev–Trinajstić information content (AvgIpc) is 2.62. The lowest BCUT2D eigenvalue weighted by Crippen LogP contribution is -2.50. The van der Waals surface area contributed by atoms with Gasteiger partial charge in [0.1, 0.15) is 0 Å². The third kappa shape index (κ3) is 5.11. The van der Waals surface area contributed by atoms with Crippen LogP contribution in [0.3, 0.4) is 0 Å². The van der Waals surface area contributed by atoms with E-state index in [0.717, 1.165) is 56.6 Å². The molecule has 1 aromatic rings. The summed E-state index contributed by atoms with van der Waals surface area (Å²) in [5.74, 6) is 0.740. The van der Waals surface area contributed by atoms with Crippen LogP contribution in [0.1, 0.15) is 19.3 Å². The zero-order valence-corrected chi connectivity index (χ0v) is 14.7. The average molecular weight is 337 g/mol. The first kappa shape index (κ1) is 17.1. The van der Waals surface area contributed by atoms with Crippen LogP contribution in [0.2, 0.25) is 0 Å². The Hall–Kier alpha value is -0.750. The summed E-state index contributed by atoms with van der Waals surface area (Å²) in [5, 5.41) is 0. The highest BCUT2D eigenvalue weighted by molar-refractivity contribution is 7.85. The van der Waals surface area contributed by atoms with Gasteiger partial charge in [0.25, 0.3) is 0 Å². The number of likely N-dealkylation sites (tertiary alicyclic amines) is 1. The molecule has 2 unspecified atom stereocenters. The summed E-state index contributed by atoms with van der Waals surface area (Å²) in [6.45, 7) is 7.08. The van der Waals surface area contributed by atoms with E-state index >= 15 is 0 Å². The number of morpholine rings is 1. The number of rotatable bonds is 6. The largest absolute Gasteiger partial charge is 0.379 e. The molecule has 2 heterocycles. The summed E-state index contributed by atoms with van der Waals surface area (Å²) in [6, 6.07) is 10.5. The van der Waals surface area contributed by atoms with Gasteiger partial charge in [-0.1, -0.05) is 24.6 Å². The van der Waals surface area contributed by atoms with E-state index < -0.39 is 10.8 Å². The van der Waals surface area contributed by atoms with Crippen LogP contribution in [0.25, 0.3) is 0 Å². The maximum atomic E-state index is 12.4. The number of benzene rings is 1. The van der Waals surface area contributed by atoms with E-state index in [1.165, 1.54) is 19.3 Å². The molecule has 0 radical (unpaired) electrons. The van der Waals surface area contributed by atoms with Crippen molar-refractivity contribution in [3.63, 3.8) is 0 Å². The van der Waals surface area contributed by atoms with Gasteiger partial charge in [0.05, 0.1) is 24.0 Å². The normalized spacial score (nSPS) is 25.3.